The van der Waals surface area contributed by atoms with E-state index in [0.717, 1.165) is 34.7 Å². The molecular weight excluding hydrogens is 356 g/mol. The van der Waals surface area contributed by atoms with Gasteiger partial charge in [-0.25, -0.2) is 4.98 Å². The van der Waals surface area contributed by atoms with E-state index in [0.29, 0.717) is 18.6 Å². The van der Waals surface area contributed by atoms with E-state index in [4.69, 9.17) is 10.5 Å². The second-order valence-electron chi connectivity index (χ2n) is 6.74. The maximum Gasteiger partial charge on any atom is 0.254 e. The molecule has 0 saturated heterocycles. The quantitative estimate of drug-likeness (QED) is 0.650. The zero-order valence-corrected chi connectivity index (χ0v) is 16.7. The van der Waals surface area contributed by atoms with Crippen molar-refractivity contribution < 1.29 is 9.53 Å². The summed E-state index contributed by atoms with van der Waals surface area (Å²) in [5.74, 6) is 1.47. The van der Waals surface area contributed by atoms with Gasteiger partial charge >= 0.3 is 0 Å². The number of nitrogen functional groups attached to an aromatic ring is 1. The van der Waals surface area contributed by atoms with E-state index in [9.17, 15) is 4.79 Å². The average Bonchev–Trinajstić information content (AvgIpc) is 3.06. The summed E-state index contributed by atoms with van der Waals surface area (Å²) in [6, 6.07) is 7.74. The van der Waals surface area contributed by atoms with Gasteiger partial charge < -0.3 is 15.8 Å². The summed E-state index contributed by atoms with van der Waals surface area (Å²) in [6.07, 6.45) is 1.75. The fourth-order valence-corrected chi connectivity index (χ4v) is 3.35. The molecule has 0 aliphatic heterocycles. The van der Waals surface area contributed by atoms with E-state index >= 15 is 0 Å². The molecule has 28 heavy (non-hydrogen) atoms. The van der Waals surface area contributed by atoms with Gasteiger partial charge in [-0.3, -0.25) is 4.79 Å². The number of amides is 1. The zero-order valence-electron chi connectivity index (χ0n) is 16.7. The normalized spacial score (nSPS) is 12.1. The van der Waals surface area contributed by atoms with Gasteiger partial charge in [0.25, 0.3) is 5.78 Å². The number of rotatable bonds is 7. The zero-order chi connectivity index (χ0) is 20.3. The third kappa shape index (κ3) is 4.05. The van der Waals surface area contributed by atoms with Crippen molar-refractivity contribution in [3.63, 3.8) is 0 Å². The number of anilines is 1. The van der Waals surface area contributed by atoms with Crippen LogP contribution < -0.4 is 15.8 Å². The smallest absolute Gasteiger partial charge is 0.254 e. The van der Waals surface area contributed by atoms with Gasteiger partial charge in [0.05, 0.1) is 13.2 Å². The van der Waals surface area contributed by atoms with Crippen LogP contribution in [0.1, 0.15) is 48.3 Å². The Morgan fingerprint density at radius 2 is 1.96 bits per heavy atom. The number of nitrogens with one attached hydrogen (secondary N) is 1. The van der Waals surface area contributed by atoms with Crippen molar-refractivity contribution in [2.24, 2.45) is 0 Å². The Labute approximate surface area is 164 Å². The molecule has 0 spiro atoms. The predicted molar refractivity (Wildman–Crippen MR) is 107 cm³/mol. The van der Waals surface area contributed by atoms with Gasteiger partial charge in [-0.1, -0.05) is 19.1 Å². The standard InChI is InChI=1S/C20H26N6O2/c1-5-17(14-6-8-15(28-4)9-7-14)23-18(27)11-10-16-12(2)22-20-24-19(21)25-26(20)13(16)3/h6-9,17H,5,10-11H2,1-4H3,(H2,21,25)(H,23,27)/t17-/m1/s1. The molecule has 148 valence electrons. The highest BCUT2D eigenvalue weighted by Gasteiger charge is 2.16. The first-order chi connectivity index (χ1) is 13.4. The van der Waals surface area contributed by atoms with Crippen LogP contribution in [0.2, 0.25) is 0 Å². The number of carbonyl (C=O) groups is 1. The van der Waals surface area contributed by atoms with Crippen LogP contribution in [0.4, 0.5) is 5.95 Å². The molecule has 0 fully saturated rings. The van der Waals surface area contributed by atoms with Crippen LogP contribution in [0.25, 0.3) is 5.78 Å². The van der Waals surface area contributed by atoms with Crippen LogP contribution in [0, 0.1) is 13.8 Å². The molecule has 2 heterocycles. The highest BCUT2D eigenvalue weighted by molar-refractivity contribution is 5.76. The summed E-state index contributed by atoms with van der Waals surface area (Å²) in [7, 11) is 1.64. The Hall–Kier alpha value is -3.16. The van der Waals surface area contributed by atoms with Crippen molar-refractivity contribution >= 4 is 17.6 Å². The number of benzene rings is 1. The number of nitrogens with two attached hydrogens (primary N) is 1. The molecule has 8 nitrogen and oxygen atoms in total. The molecule has 1 amide bonds. The van der Waals surface area contributed by atoms with E-state index in [1.807, 2.05) is 38.1 Å². The molecule has 0 aliphatic carbocycles. The maximum atomic E-state index is 12.6. The van der Waals surface area contributed by atoms with E-state index < -0.39 is 0 Å². The first kappa shape index (κ1) is 19.6. The lowest BCUT2D eigenvalue weighted by atomic mass is 10.0. The van der Waals surface area contributed by atoms with Crippen molar-refractivity contribution in [2.45, 2.75) is 46.1 Å². The molecule has 0 unspecified atom stereocenters. The molecule has 1 aromatic carbocycles. The van der Waals surface area contributed by atoms with E-state index in [1.54, 1.807) is 11.6 Å². The van der Waals surface area contributed by atoms with Crippen molar-refractivity contribution in [1.29, 1.82) is 0 Å². The van der Waals surface area contributed by atoms with Gasteiger partial charge in [0.2, 0.25) is 11.9 Å². The summed E-state index contributed by atoms with van der Waals surface area (Å²) in [5.41, 5.74) is 9.47. The number of methoxy groups -OCH3 is 1. The number of aromatic nitrogens is 4. The van der Waals surface area contributed by atoms with Crippen LogP contribution in [0.3, 0.4) is 0 Å². The van der Waals surface area contributed by atoms with E-state index in [2.05, 4.69) is 27.3 Å². The van der Waals surface area contributed by atoms with Gasteiger partial charge in [0, 0.05) is 17.8 Å². The Morgan fingerprint density at radius 1 is 1.25 bits per heavy atom. The minimum atomic E-state index is -0.0312. The van der Waals surface area contributed by atoms with E-state index in [1.165, 1.54) is 0 Å². The third-order valence-corrected chi connectivity index (χ3v) is 4.93. The Kier molecular flexibility index (Phi) is 5.77. The topological polar surface area (TPSA) is 107 Å². The Morgan fingerprint density at radius 3 is 2.61 bits per heavy atom. The number of ether oxygens (including phenoxy) is 1. The molecule has 3 N–H and O–H groups in total. The summed E-state index contributed by atoms with van der Waals surface area (Å²) < 4.78 is 6.82. The van der Waals surface area contributed by atoms with Crippen LogP contribution >= 0.6 is 0 Å². The first-order valence-corrected chi connectivity index (χ1v) is 9.34. The van der Waals surface area contributed by atoms with Gasteiger partial charge in [0.15, 0.2) is 0 Å². The fraction of sp³-hybridized carbons (Fsp3) is 0.400. The number of nitrogens with zero attached hydrogens (tertiary/aromatic N) is 4. The second-order valence-corrected chi connectivity index (χ2v) is 6.74. The first-order valence-electron chi connectivity index (χ1n) is 9.34. The van der Waals surface area contributed by atoms with Crippen LogP contribution in [-0.4, -0.2) is 32.6 Å². The Bertz CT molecular complexity index is 981. The van der Waals surface area contributed by atoms with Gasteiger partial charge in [-0.15, -0.1) is 5.10 Å². The molecule has 1 atom stereocenters. The van der Waals surface area contributed by atoms with Crippen molar-refractivity contribution in [1.82, 2.24) is 24.9 Å². The predicted octanol–water partition coefficient (Wildman–Crippen LogP) is 2.53. The lowest BCUT2D eigenvalue weighted by Gasteiger charge is -2.18. The summed E-state index contributed by atoms with van der Waals surface area (Å²) >= 11 is 0. The SMILES string of the molecule is CC[C@@H](NC(=O)CCc1c(C)nc2nc(N)nn2c1C)c1ccc(OC)cc1. The lowest BCUT2D eigenvalue weighted by molar-refractivity contribution is -0.121. The highest BCUT2D eigenvalue weighted by Crippen LogP contribution is 2.21. The molecule has 3 rings (SSSR count). The second kappa shape index (κ2) is 8.24. The van der Waals surface area contributed by atoms with E-state index in [-0.39, 0.29) is 17.9 Å². The molecular formula is C20H26N6O2. The third-order valence-electron chi connectivity index (χ3n) is 4.93. The van der Waals surface area contributed by atoms with Gasteiger partial charge in [0.1, 0.15) is 5.75 Å². The molecule has 0 saturated carbocycles. The lowest BCUT2D eigenvalue weighted by Crippen LogP contribution is -2.28. The molecule has 8 heteroatoms. The largest absolute Gasteiger partial charge is 0.497 e. The minimum Gasteiger partial charge on any atom is -0.497 e. The van der Waals surface area contributed by atoms with Crippen molar-refractivity contribution in [3.05, 3.63) is 46.8 Å². The monoisotopic (exact) mass is 382 g/mol. The Balaban J connectivity index is 1.68. The number of carbonyl (C=O) groups excluding carboxylic acids is 1. The number of hydrogen-bond acceptors (Lipinski definition) is 6. The molecule has 0 aliphatic rings. The van der Waals surface area contributed by atoms with Gasteiger partial charge in [-0.2, -0.15) is 9.50 Å². The summed E-state index contributed by atoms with van der Waals surface area (Å²) in [4.78, 5) is 21.1. The molecule has 0 radical (unpaired) electrons. The maximum absolute atomic E-state index is 12.6. The summed E-state index contributed by atoms with van der Waals surface area (Å²) in [5, 5.41) is 7.28. The summed E-state index contributed by atoms with van der Waals surface area (Å²) in [6.45, 7) is 5.91. The number of aryl methyl sites for hydroxylation is 2. The van der Waals surface area contributed by atoms with Crippen molar-refractivity contribution in [3.8, 4) is 5.75 Å². The van der Waals surface area contributed by atoms with Crippen molar-refractivity contribution in [2.75, 3.05) is 12.8 Å². The average molecular weight is 382 g/mol. The van der Waals surface area contributed by atoms with Crippen LogP contribution in [0.15, 0.2) is 24.3 Å². The minimum absolute atomic E-state index is 0.000306. The van der Waals surface area contributed by atoms with Gasteiger partial charge in [-0.05, 0) is 49.9 Å². The molecule has 3 aromatic rings. The molecule has 0 bridgehead atoms. The number of hydrogen-bond donors (Lipinski definition) is 2. The van der Waals surface area contributed by atoms with Crippen LogP contribution in [-0.2, 0) is 11.2 Å². The molecule has 2 aromatic heterocycles. The highest BCUT2D eigenvalue weighted by atomic mass is 16.5. The fourth-order valence-electron chi connectivity index (χ4n) is 3.35. The van der Waals surface area contributed by atoms with Crippen LogP contribution in [0.5, 0.6) is 5.75 Å². The number of fused-ring (bicyclic) bond motifs is 1.